The number of hydrogen-bond acceptors (Lipinski definition) is 2. The molecule has 0 aromatic heterocycles. The third-order valence-electron chi connectivity index (χ3n) is 3.68. The van der Waals surface area contributed by atoms with Gasteiger partial charge in [-0.05, 0) is 50.2 Å². The van der Waals surface area contributed by atoms with E-state index in [9.17, 15) is 5.11 Å². The molecule has 94 valence electrons. The van der Waals surface area contributed by atoms with Gasteiger partial charge in [-0.15, -0.1) is 0 Å². The lowest BCUT2D eigenvalue weighted by Crippen LogP contribution is -2.18. The second kappa shape index (κ2) is 5.65. The van der Waals surface area contributed by atoms with Crippen LogP contribution in [0.25, 0.3) is 0 Å². The molecule has 1 aliphatic rings. The van der Waals surface area contributed by atoms with Gasteiger partial charge in [0.05, 0.1) is 6.10 Å². The third-order valence-corrected chi connectivity index (χ3v) is 3.68. The van der Waals surface area contributed by atoms with Crippen molar-refractivity contribution in [1.82, 2.24) is 0 Å². The van der Waals surface area contributed by atoms with Crippen LogP contribution in [0, 0.1) is 19.8 Å². The summed E-state index contributed by atoms with van der Waals surface area (Å²) in [7, 11) is 0. The van der Waals surface area contributed by atoms with Crippen LogP contribution in [0.1, 0.15) is 42.1 Å². The fourth-order valence-electron chi connectivity index (χ4n) is 2.62. The van der Waals surface area contributed by atoms with Crippen molar-refractivity contribution in [3.8, 4) is 0 Å². The number of aliphatic hydroxyl groups is 1. The summed E-state index contributed by atoms with van der Waals surface area (Å²) in [6.45, 7) is 5.87. The van der Waals surface area contributed by atoms with Crippen LogP contribution in [-0.2, 0) is 4.74 Å². The Labute approximate surface area is 104 Å². The Morgan fingerprint density at radius 2 is 2.00 bits per heavy atom. The van der Waals surface area contributed by atoms with Crippen molar-refractivity contribution in [3.63, 3.8) is 0 Å². The van der Waals surface area contributed by atoms with Gasteiger partial charge in [0.15, 0.2) is 0 Å². The molecule has 0 radical (unpaired) electrons. The van der Waals surface area contributed by atoms with E-state index in [1.54, 1.807) is 0 Å². The summed E-state index contributed by atoms with van der Waals surface area (Å²) in [6, 6.07) is 6.28. The molecule has 0 saturated carbocycles. The predicted octanol–water partition coefficient (Wildman–Crippen LogP) is 3.15. The standard InChI is InChI=1S/C15H22O2/c1-11-3-4-14(12(2)9-11)15(16)10-13-5-7-17-8-6-13/h3-4,9,13,15-16H,5-8,10H2,1-2H3. The second-order valence-corrected chi connectivity index (χ2v) is 5.17. The van der Waals surface area contributed by atoms with Gasteiger partial charge in [-0.3, -0.25) is 0 Å². The van der Waals surface area contributed by atoms with Crippen molar-refractivity contribution in [2.45, 2.75) is 39.2 Å². The first-order chi connectivity index (χ1) is 8.16. The van der Waals surface area contributed by atoms with Crippen molar-refractivity contribution in [1.29, 1.82) is 0 Å². The average Bonchev–Trinajstić information content (AvgIpc) is 2.30. The third kappa shape index (κ3) is 3.30. The fourth-order valence-corrected chi connectivity index (χ4v) is 2.62. The summed E-state index contributed by atoms with van der Waals surface area (Å²) in [5.41, 5.74) is 3.54. The van der Waals surface area contributed by atoms with Gasteiger partial charge < -0.3 is 9.84 Å². The predicted molar refractivity (Wildman–Crippen MR) is 69.0 cm³/mol. The summed E-state index contributed by atoms with van der Waals surface area (Å²) in [6.07, 6.45) is 2.72. The molecule has 2 heteroatoms. The highest BCUT2D eigenvalue weighted by Gasteiger charge is 2.19. The summed E-state index contributed by atoms with van der Waals surface area (Å²) in [4.78, 5) is 0. The number of aryl methyl sites for hydroxylation is 2. The summed E-state index contributed by atoms with van der Waals surface area (Å²) >= 11 is 0. The van der Waals surface area contributed by atoms with E-state index in [4.69, 9.17) is 4.74 Å². The molecule has 1 aromatic rings. The minimum Gasteiger partial charge on any atom is -0.388 e. The molecule has 1 aromatic carbocycles. The fraction of sp³-hybridized carbons (Fsp3) is 0.600. The van der Waals surface area contributed by atoms with Crippen LogP contribution in [-0.4, -0.2) is 18.3 Å². The molecule has 1 heterocycles. The first-order valence-corrected chi connectivity index (χ1v) is 6.50. The molecule has 0 spiro atoms. The first-order valence-electron chi connectivity index (χ1n) is 6.50. The maximum atomic E-state index is 10.3. The lowest BCUT2D eigenvalue weighted by molar-refractivity contribution is 0.0434. The Bertz CT molecular complexity index is 367. The van der Waals surface area contributed by atoms with E-state index >= 15 is 0 Å². The monoisotopic (exact) mass is 234 g/mol. The molecule has 0 amide bonds. The molecule has 1 saturated heterocycles. The first kappa shape index (κ1) is 12.6. The molecule has 0 bridgehead atoms. The zero-order valence-electron chi connectivity index (χ0n) is 10.8. The van der Waals surface area contributed by atoms with Gasteiger partial charge in [0.25, 0.3) is 0 Å². The highest BCUT2D eigenvalue weighted by atomic mass is 16.5. The summed E-state index contributed by atoms with van der Waals surface area (Å²) in [5, 5.41) is 10.3. The van der Waals surface area contributed by atoms with Crippen molar-refractivity contribution < 1.29 is 9.84 Å². The molecule has 1 unspecified atom stereocenters. The molecule has 1 atom stereocenters. The maximum Gasteiger partial charge on any atom is 0.0795 e. The van der Waals surface area contributed by atoms with E-state index in [0.29, 0.717) is 5.92 Å². The van der Waals surface area contributed by atoms with Crippen molar-refractivity contribution >= 4 is 0 Å². The Morgan fingerprint density at radius 1 is 1.29 bits per heavy atom. The van der Waals surface area contributed by atoms with Crippen LogP contribution in [0.3, 0.4) is 0 Å². The van der Waals surface area contributed by atoms with E-state index < -0.39 is 0 Å². The Hall–Kier alpha value is -0.860. The lowest BCUT2D eigenvalue weighted by atomic mass is 9.89. The molecule has 1 fully saturated rings. The molecular weight excluding hydrogens is 212 g/mol. The van der Waals surface area contributed by atoms with Gasteiger partial charge in [0, 0.05) is 13.2 Å². The van der Waals surface area contributed by atoms with E-state index in [-0.39, 0.29) is 6.10 Å². The quantitative estimate of drug-likeness (QED) is 0.870. The molecule has 2 nitrogen and oxygen atoms in total. The van der Waals surface area contributed by atoms with Gasteiger partial charge in [-0.25, -0.2) is 0 Å². The zero-order chi connectivity index (χ0) is 12.3. The Kier molecular flexibility index (Phi) is 4.19. The van der Waals surface area contributed by atoms with E-state index in [1.165, 1.54) is 11.1 Å². The Morgan fingerprint density at radius 3 is 2.65 bits per heavy atom. The van der Waals surface area contributed by atoms with Gasteiger partial charge >= 0.3 is 0 Å². The zero-order valence-corrected chi connectivity index (χ0v) is 10.8. The smallest absolute Gasteiger partial charge is 0.0795 e. The van der Waals surface area contributed by atoms with Gasteiger partial charge in [0.2, 0.25) is 0 Å². The number of ether oxygens (including phenoxy) is 1. The van der Waals surface area contributed by atoms with Gasteiger partial charge in [-0.1, -0.05) is 23.8 Å². The minimum absolute atomic E-state index is 0.321. The number of benzene rings is 1. The topological polar surface area (TPSA) is 29.5 Å². The van der Waals surface area contributed by atoms with Crippen LogP contribution in [0.2, 0.25) is 0 Å². The van der Waals surface area contributed by atoms with Crippen molar-refractivity contribution in [2.75, 3.05) is 13.2 Å². The number of rotatable bonds is 3. The molecule has 1 N–H and O–H groups in total. The molecule has 2 rings (SSSR count). The van der Waals surface area contributed by atoms with Gasteiger partial charge in [-0.2, -0.15) is 0 Å². The molecular formula is C15H22O2. The van der Waals surface area contributed by atoms with Crippen LogP contribution in [0.4, 0.5) is 0 Å². The highest BCUT2D eigenvalue weighted by molar-refractivity contribution is 5.31. The van der Waals surface area contributed by atoms with E-state index in [1.807, 2.05) is 0 Å². The largest absolute Gasteiger partial charge is 0.388 e. The molecule has 17 heavy (non-hydrogen) atoms. The Balaban J connectivity index is 2.00. The molecule has 0 aliphatic carbocycles. The average molecular weight is 234 g/mol. The maximum absolute atomic E-state index is 10.3. The van der Waals surface area contributed by atoms with Crippen LogP contribution in [0.5, 0.6) is 0 Å². The van der Waals surface area contributed by atoms with Crippen LogP contribution >= 0.6 is 0 Å². The SMILES string of the molecule is Cc1ccc(C(O)CC2CCOCC2)c(C)c1. The van der Waals surface area contributed by atoms with Crippen LogP contribution in [0.15, 0.2) is 18.2 Å². The van der Waals surface area contributed by atoms with Crippen molar-refractivity contribution in [3.05, 3.63) is 34.9 Å². The second-order valence-electron chi connectivity index (χ2n) is 5.17. The minimum atomic E-state index is -0.321. The van der Waals surface area contributed by atoms with Crippen molar-refractivity contribution in [2.24, 2.45) is 5.92 Å². The summed E-state index contributed by atoms with van der Waals surface area (Å²) < 4.78 is 5.34. The normalized spacial score (nSPS) is 19.2. The highest BCUT2D eigenvalue weighted by Crippen LogP contribution is 2.29. The van der Waals surface area contributed by atoms with Crippen LogP contribution < -0.4 is 0 Å². The van der Waals surface area contributed by atoms with E-state index in [2.05, 4.69) is 32.0 Å². The van der Waals surface area contributed by atoms with Gasteiger partial charge in [0.1, 0.15) is 0 Å². The summed E-state index contributed by atoms with van der Waals surface area (Å²) in [5.74, 6) is 0.611. The van der Waals surface area contributed by atoms with E-state index in [0.717, 1.165) is 38.0 Å². The lowest BCUT2D eigenvalue weighted by Gasteiger charge is -2.25. The number of hydrogen-bond donors (Lipinski definition) is 1. The molecule has 1 aliphatic heterocycles. The number of aliphatic hydroxyl groups excluding tert-OH is 1.